The van der Waals surface area contributed by atoms with Gasteiger partial charge in [-0.1, -0.05) is 0 Å². The largest absolute Gasteiger partial charge is 0.367 e. The first-order chi connectivity index (χ1) is 9.35. The van der Waals surface area contributed by atoms with Gasteiger partial charge in [0.2, 0.25) is 0 Å². The van der Waals surface area contributed by atoms with Gasteiger partial charge >= 0.3 is 0 Å². The van der Waals surface area contributed by atoms with Crippen molar-refractivity contribution in [2.75, 3.05) is 25.0 Å². The third kappa shape index (κ3) is 2.66. The molecular formula is C13H16N6. The molecule has 0 radical (unpaired) electrons. The molecule has 2 aromatic rings. The first kappa shape index (κ1) is 11.9. The quantitative estimate of drug-likeness (QED) is 0.834. The van der Waals surface area contributed by atoms with Gasteiger partial charge in [-0.2, -0.15) is 10.4 Å². The van der Waals surface area contributed by atoms with E-state index in [4.69, 9.17) is 5.26 Å². The molecule has 0 aromatic carbocycles. The number of piperidine rings is 1. The highest BCUT2D eigenvalue weighted by atomic mass is 15.2. The molecule has 1 aliphatic heterocycles. The van der Waals surface area contributed by atoms with E-state index in [0.717, 1.165) is 37.4 Å². The lowest BCUT2D eigenvalue weighted by molar-refractivity contribution is 0.242. The fourth-order valence-electron chi connectivity index (χ4n) is 2.44. The van der Waals surface area contributed by atoms with Crippen molar-refractivity contribution >= 4 is 11.5 Å². The first-order valence-corrected chi connectivity index (χ1v) is 6.51. The van der Waals surface area contributed by atoms with Crippen LogP contribution in [0.15, 0.2) is 24.5 Å². The molecule has 2 aromatic heterocycles. The molecule has 0 bridgehead atoms. The van der Waals surface area contributed by atoms with Crippen LogP contribution in [0.1, 0.15) is 12.8 Å². The first-order valence-electron chi connectivity index (χ1n) is 6.51. The fraction of sp³-hybridized carbons (Fsp3) is 0.462. The molecule has 3 heterocycles. The Morgan fingerprint density at radius 2 is 2.21 bits per heavy atom. The third-order valence-corrected chi connectivity index (χ3v) is 3.49. The normalized spacial score (nSPS) is 17.4. The number of hydrogen-bond acceptors (Lipinski definition) is 5. The second-order valence-electron chi connectivity index (χ2n) is 4.80. The van der Waals surface area contributed by atoms with Gasteiger partial charge in [-0.05, 0) is 18.9 Å². The Hall–Kier alpha value is -2.13. The predicted molar refractivity (Wildman–Crippen MR) is 71.7 cm³/mol. The summed E-state index contributed by atoms with van der Waals surface area (Å²) in [6, 6.07) is 6.48. The standard InChI is InChI=1S/C13H16N6/c14-5-10-18-7-2-11(3-8-18)16-12-4-9-19-13(17-12)1-6-15-19/h1,4,6,9,11H,2-3,7-8,10H2,(H,16,17). The van der Waals surface area contributed by atoms with Crippen molar-refractivity contribution < 1.29 is 0 Å². The number of aromatic nitrogens is 3. The number of fused-ring (bicyclic) bond motifs is 1. The van der Waals surface area contributed by atoms with Gasteiger partial charge in [0, 0.05) is 31.4 Å². The zero-order chi connectivity index (χ0) is 13.1. The molecule has 6 nitrogen and oxygen atoms in total. The molecule has 1 aliphatic rings. The number of nitrogens with one attached hydrogen (secondary N) is 1. The van der Waals surface area contributed by atoms with Crippen LogP contribution in [0.25, 0.3) is 5.65 Å². The van der Waals surface area contributed by atoms with Gasteiger partial charge in [-0.25, -0.2) is 9.50 Å². The average Bonchev–Trinajstić information content (AvgIpc) is 2.89. The second-order valence-corrected chi connectivity index (χ2v) is 4.80. The third-order valence-electron chi connectivity index (χ3n) is 3.49. The maximum Gasteiger partial charge on any atom is 0.157 e. The van der Waals surface area contributed by atoms with Crippen molar-refractivity contribution in [3.8, 4) is 6.07 Å². The van der Waals surface area contributed by atoms with Gasteiger partial charge in [0.05, 0.1) is 18.8 Å². The van der Waals surface area contributed by atoms with E-state index in [1.54, 1.807) is 10.7 Å². The van der Waals surface area contributed by atoms with Crippen LogP contribution in [0, 0.1) is 11.3 Å². The highest BCUT2D eigenvalue weighted by Gasteiger charge is 2.18. The van der Waals surface area contributed by atoms with Crippen LogP contribution >= 0.6 is 0 Å². The summed E-state index contributed by atoms with van der Waals surface area (Å²) in [6.45, 7) is 2.48. The van der Waals surface area contributed by atoms with Crippen molar-refractivity contribution in [1.82, 2.24) is 19.5 Å². The lowest BCUT2D eigenvalue weighted by Crippen LogP contribution is -2.39. The molecule has 1 N–H and O–H groups in total. The molecule has 19 heavy (non-hydrogen) atoms. The molecule has 3 rings (SSSR count). The SMILES string of the molecule is N#CCN1CCC(Nc2ccn3nccc3n2)CC1. The second kappa shape index (κ2) is 5.24. The van der Waals surface area contributed by atoms with Crippen LogP contribution in [-0.4, -0.2) is 45.2 Å². The molecule has 0 aliphatic carbocycles. The van der Waals surface area contributed by atoms with Gasteiger partial charge in [0.1, 0.15) is 5.82 Å². The van der Waals surface area contributed by atoms with Crippen LogP contribution in [0.4, 0.5) is 5.82 Å². The summed E-state index contributed by atoms with van der Waals surface area (Å²) in [5, 5.41) is 16.3. The number of nitriles is 1. The highest BCUT2D eigenvalue weighted by molar-refractivity contribution is 5.45. The van der Waals surface area contributed by atoms with E-state index in [1.165, 1.54) is 0 Å². The summed E-state index contributed by atoms with van der Waals surface area (Å²) in [6.07, 6.45) is 5.75. The Bertz CT molecular complexity index is 590. The molecule has 98 valence electrons. The van der Waals surface area contributed by atoms with Crippen LogP contribution in [0.3, 0.4) is 0 Å². The van der Waals surface area contributed by atoms with E-state index in [9.17, 15) is 0 Å². The summed E-state index contributed by atoms with van der Waals surface area (Å²) in [5.41, 5.74) is 0.854. The molecule has 0 atom stereocenters. The Kier molecular flexibility index (Phi) is 3.29. The van der Waals surface area contributed by atoms with Crippen molar-refractivity contribution in [3.05, 3.63) is 24.5 Å². The molecule has 0 unspecified atom stereocenters. The average molecular weight is 256 g/mol. The molecule has 1 fully saturated rings. The Morgan fingerprint density at radius 3 is 3.00 bits per heavy atom. The van der Waals surface area contributed by atoms with Crippen LogP contribution in [0.5, 0.6) is 0 Å². The minimum atomic E-state index is 0.438. The smallest absolute Gasteiger partial charge is 0.157 e. The Balaban J connectivity index is 1.61. The van der Waals surface area contributed by atoms with Crippen molar-refractivity contribution in [1.29, 1.82) is 5.26 Å². The molecule has 0 spiro atoms. The topological polar surface area (TPSA) is 69.2 Å². The lowest BCUT2D eigenvalue weighted by atomic mass is 10.1. The molecular weight excluding hydrogens is 240 g/mol. The summed E-state index contributed by atoms with van der Waals surface area (Å²) in [5.74, 6) is 0.895. The maximum atomic E-state index is 8.67. The van der Waals surface area contributed by atoms with E-state index < -0.39 is 0 Å². The highest BCUT2D eigenvalue weighted by Crippen LogP contribution is 2.15. The van der Waals surface area contributed by atoms with Crippen LogP contribution in [-0.2, 0) is 0 Å². The van der Waals surface area contributed by atoms with E-state index in [2.05, 4.69) is 26.4 Å². The summed E-state index contributed by atoms with van der Waals surface area (Å²) >= 11 is 0. The summed E-state index contributed by atoms with van der Waals surface area (Å²) in [4.78, 5) is 6.69. The van der Waals surface area contributed by atoms with E-state index in [0.29, 0.717) is 12.6 Å². The van der Waals surface area contributed by atoms with E-state index >= 15 is 0 Å². The zero-order valence-electron chi connectivity index (χ0n) is 10.7. The van der Waals surface area contributed by atoms with Crippen molar-refractivity contribution in [3.63, 3.8) is 0 Å². The minimum absolute atomic E-state index is 0.438. The molecule has 6 heteroatoms. The Labute approximate surface area is 111 Å². The summed E-state index contributed by atoms with van der Waals surface area (Å²) < 4.78 is 1.75. The molecule has 0 amide bonds. The summed E-state index contributed by atoms with van der Waals surface area (Å²) in [7, 11) is 0. The van der Waals surface area contributed by atoms with Gasteiger partial charge in [-0.3, -0.25) is 4.90 Å². The van der Waals surface area contributed by atoms with E-state index in [-0.39, 0.29) is 0 Å². The number of hydrogen-bond donors (Lipinski definition) is 1. The monoisotopic (exact) mass is 256 g/mol. The minimum Gasteiger partial charge on any atom is -0.367 e. The predicted octanol–water partition coefficient (Wildman–Crippen LogP) is 1.13. The number of rotatable bonds is 3. The van der Waals surface area contributed by atoms with E-state index in [1.807, 2.05) is 18.3 Å². The number of anilines is 1. The molecule has 1 saturated heterocycles. The van der Waals surface area contributed by atoms with Gasteiger partial charge in [0.25, 0.3) is 0 Å². The van der Waals surface area contributed by atoms with Crippen LogP contribution < -0.4 is 5.32 Å². The fourth-order valence-corrected chi connectivity index (χ4v) is 2.44. The van der Waals surface area contributed by atoms with Crippen LogP contribution in [0.2, 0.25) is 0 Å². The van der Waals surface area contributed by atoms with Crippen molar-refractivity contribution in [2.45, 2.75) is 18.9 Å². The zero-order valence-corrected chi connectivity index (χ0v) is 10.7. The van der Waals surface area contributed by atoms with Gasteiger partial charge in [0.15, 0.2) is 5.65 Å². The Morgan fingerprint density at radius 1 is 1.37 bits per heavy atom. The number of nitrogens with zero attached hydrogens (tertiary/aromatic N) is 5. The lowest BCUT2D eigenvalue weighted by Gasteiger charge is -2.30. The van der Waals surface area contributed by atoms with Gasteiger partial charge in [-0.15, -0.1) is 0 Å². The maximum absolute atomic E-state index is 8.67. The number of likely N-dealkylation sites (tertiary alicyclic amines) is 1. The van der Waals surface area contributed by atoms with Gasteiger partial charge < -0.3 is 5.32 Å². The van der Waals surface area contributed by atoms with Crippen molar-refractivity contribution in [2.24, 2.45) is 0 Å². The molecule has 0 saturated carbocycles.